The van der Waals surface area contributed by atoms with Crippen LogP contribution in [0.1, 0.15) is 24.4 Å². The van der Waals surface area contributed by atoms with Crippen LogP contribution in [-0.2, 0) is 11.2 Å². The summed E-state index contributed by atoms with van der Waals surface area (Å²) in [6.07, 6.45) is 0.761. The summed E-state index contributed by atoms with van der Waals surface area (Å²) in [5.41, 5.74) is 1.83. The standard InChI is InChI=1S/C25H22ClN3O2S2/c1-25(2,31-19-13-9-17(26)10-14-19)23(30)29-24(32)27-18-11-7-16(8-12-18)15-22-28-20-5-3-4-6-21(20)33-22/h3-14H,15H2,1-2H3,(H2,27,29,30,32). The summed E-state index contributed by atoms with van der Waals surface area (Å²) >= 11 is 12.9. The Labute approximate surface area is 206 Å². The number of aromatic nitrogens is 1. The lowest BCUT2D eigenvalue weighted by Crippen LogP contribution is -2.49. The molecule has 8 heteroatoms. The van der Waals surface area contributed by atoms with E-state index in [0.717, 1.165) is 28.2 Å². The third-order valence-electron chi connectivity index (χ3n) is 4.87. The molecule has 0 radical (unpaired) electrons. The highest BCUT2D eigenvalue weighted by atomic mass is 35.5. The highest BCUT2D eigenvalue weighted by Gasteiger charge is 2.30. The first-order valence-corrected chi connectivity index (χ1v) is 11.9. The molecule has 0 bridgehead atoms. The maximum atomic E-state index is 12.7. The summed E-state index contributed by atoms with van der Waals surface area (Å²) in [5, 5.41) is 7.60. The van der Waals surface area contributed by atoms with Crippen molar-refractivity contribution in [2.75, 3.05) is 5.32 Å². The van der Waals surface area contributed by atoms with E-state index in [4.69, 9.17) is 28.6 Å². The first-order valence-electron chi connectivity index (χ1n) is 10.3. The molecule has 1 amide bonds. The fourth-order valence-corrected chi connectivity index (χ4v) is 4.47. The minimum absolute atomic E-state index is 0.201. The quantitative estimate of drug-likeness (QED) is 0.311. The van der Waals surface area contributed by atoms with Crippen molar-refractivity contribution in [3.05, 3.63) is 88.4 Å². The van der Waals surface area contributed by atoms with Gasteiger partial charge in [-0.05, 0) is 80.2 Å². The zero-order valence-electron chi connectivity index (χ0n) is 18.1. The molecule has 0 atom stereocenters. The fourth-order valence-electron chi connectivity index (χ4n) is 3.14. The average molecular weight is 496 g/mol. The molecule has 0 aliphatic carbocycles. The molecular weight excluding hydrogens is 474 g/mol. The summed E-state index contributed by atoms with van der Waals surface area (Å²) in [4.78, 5) is 17.4. The van der Waals surface area contributed by atoms with Crippen molar-refractivity contribution in [3.63, 3.8) is 0 Å². The number of nitrogens with one attached hydrogen (secondary N) is 2. The third-order valence-corrected chi connectivity index (χ3v) is 6.36. The molecule has 0 aliphatic heterocycles. The van der Waals surface area contributed by atoms with Gasteiger partial charge in [-0.25, -0.2) is 4.98 Å². The van der Waals surface area contributed by atoms with E-state index in [-0.39, 0.29) is 11.0 Å². The number of fused-ring (bicyclic) bond motifs is 1. The number of hydrogen-bond donors (Lipinski definition) is 2. The normalized spacial score (nSPS) is 11.2. The predicted octanol–water partition coefficient (Wildman–Crippen LogP) is 6.21. The number of benzene rings is 3. The Bertz CT molecular complexity index is 1250. The summed E-state index contributed by atoms with van der Waals surface area (Å²) in [6.45, 7) is 3.35. The molecule has 0 saturated carbocycles. The lowest BCUT2D eigenvalue weighted by molar-refractivity contribution is -0.132. The number of thiazole rings is 1. The number of anilines is 1. The highest BCUT2D eigenvalue weighted by Crippen LogP contribution is 2.24. The number of nitrogens with zero attached hydrogens (tertiary/aromatic N) is 1. The van der Waals surface area contributed by atoms with Gasteiger partial charge >= 0.3 is 0 Å². The van der Waals surface area contributed by atoms with E-state index in [0.29, 0.717) is 10.8 Å². The van der Waals surface area contributed by atoms with Gasteiger partial charge in [-0.3, -0.25) is 10.1 Å². The van der Waals surface area contributed by atoms with Crippen LogP contribution in [0.2, 0.25) is 5.02 Å². The van der Waals surface area contributed by atoms with Gasteiger partial charge in [-0.15, -0.1) is 11.3 Å². The topological polar surface area (TPSA) is 63.2 Å². The highest BCUT2D eigenvalue weighted by molar-refractivity contribution is 7.80. The molecule has 2 N–H and O–H groups in total. The lowest BCUT2D eigenvalue weighted by Gasteiger charge is -2.25. The fraction of sp³-hybridized carbons (Fsp3) is 0.160. The molecule has 4 aromatic rings. The van der Waals surface area contributed by atoms with Gasteiger partial charge in [0.25, 0.3) is 5.91 Å². The number of rotatable bonds is 6. The molecule has 1 aromatic heterocycles. The Morgan fingerprint density at radius 2 is 1.76 bits per heavy atom. The summed E-state index contributed by atoms with van der Waals surface area (Å²) < 4.78 is 6.99. The SMILES string of the molecule is CC(C)(Oc1ccc(Cl)cc1)C(=O)NC(=S)Nc1ccc(Cc2nc3ccccc3s2)cc1. The minimum Gasteiger partial charge on any atom is -0.478 e. The van der Waals surface area contributed by atoms with Gasteiger partial charge in [0.1, 0.15) is 5.75 Å². The van der Waals surface area contributed by atoms with E-state index in [9.17, 15) is 4.79 Å². The lowest BCUT2D eigenvalue weighted by atomic mass is 10.1. The van der Waals surface area contributed by atoms with Gasteiger partial charge in [0, 0.05) is 17.1 Å². The van der Waals surface area contributed by atoms with Crippen LogP contribution >= 0.6 is 35.2 Å². The summed E-state index contributed by atoms with van der Waals surface area (Å²) in [6, 6.07) is 22.9. The molecule has 4 rings (SSSR count). The summed E-state index contributed by atoms with van der Waals surface area (Å²) in [7, 11) is 0. The maximum absolute atomic E-state index is 12.7. The van der Waals surface area contributed by atoms with Crippen LogP contribution in [0.25, 0.3) is 10.2 Å². The molecule has 1 heterocycles. The number of carbonyl (C=O) groups excluding carboxylic acids is 1. The van der Waals surface area contributed by atoms with E-state index >= 15 is 0 Å². The van der Waals surface area contributed by atoms with Crippen molar-refractivity contribution in [1.29, 1.82) is 0 Å². The van der Waals surface area contributed by atoms with E-state index < -0.39 is 5.60 Å². The largest absolute Gasteiger partial charge is 0.478 e. The molecule has 5 nitrogen and oxygen atoms in total. The van der Waals surface area contributed by atoms with Crippen LogP contribution in [-0.4, -0.2) is 21.6 Å². The van der Waals surface area contributed by atoms with Crippen LogP contribution in [0, 0.1) is 0 Å². The first-order chi connectivity index (χ1) is 15.8. The van der Waals surface area contributed by atoms with Crippen molar-refractivity contribution in [2.24, 2.45) is 0 Å². The van der Waals surface area contributed by atoms with E-state index in [1.807, 2.05) is 42.5 Å². The second kappa shape index (κ2) is 9.87. The van der Waals surface area contributed by atoms with Crippen LogP contribution in [0.15, 0.2) is 72.8 Å². The first kappa shape index (κ1) is 23.2. The number of thiocarbonyl (C=S) groups is 1. The van der Waals surface area contributed by atoms with Gasteiger partial charge in [0.05, 0.1) is 15.2 Å². The molecule has 0 fully saturated rings. The van der Waals surface area contributed by atoms with Gasteiger partial charge in [0.2, 0.25) is 0 Å². The van der Waals surface area contributed by atoms with Gasteiger partial charge in [-0.1, -0.05) is 35.9 Å². The Morgan fingerprint density at radius 3 is 2.45 bits per heavy atom. The second-order valence-electron chi connectivity index (χ2n) is 7.92. The molecule has 0 aliphatic rings. The Balaban J connectivity index is 1.32. The molecule has 168 valence electrons. The molecule has 0 spiro atoms. The van der Waals surface area contributed by atoms with Crippen LogP contribution < -0.4 is 15.4 Å². The zero-order valence-corrected chi connectivity index (χ0v) is 20.5. The molecule has 3 aromatic carbocycles. The molecule has 0 saturated heterocycles. The third kappa shape index (κ3) is 6.07. The number of halogens is 1. The Morgan fingerprint density at radius 1 is 1.06 bits per heavy atom. The minimum atomic E-state index is -1.12. The molecule has 33 heavy (non-hydrogen) atoms. The second-order valence-corrected chi connectivity index (χ2v) is 9.88. The van der Waals surface area contributed by atoms with E-state index in [1.54, 1.807) is 49.4 Å². The van der Waals surface area contributed by atoms with Gasteiger partial charge in [-0.2, -0.15) is 0 Å². The maximum Gasteiger partial charge on any atom is 0.269 e. The van der Waals surface area contributed by atoms with Crippen molar-refractivity contribution in [2.45, 2.75) is 25.9 Å². The average Bonchev–Trinajstić information content (AvgIpc) is 3.19. The zero-order chi connectivity index (χ0) is 23.4. The van der Waals surface area contributed by atoms with Gasteiger partial charge in [0.15, 0.2) is 10.7 Å². The number of para-hydroxylation sites is 1. The van der Waals surface area contributed by atoms with Crippen molar-refractivity contribution in [1.82, 2.24) is 10.3 Å². The Kier molecular flexibility index (Phi) is 6.93. The van der Waals surface area contributed by atoms with E-state index in [2.05, 4.69) is 21.7 Å². The Hall–Kier alpha value is -3.00. The van der Waals surface area contributed by atoms with Crippen LogP contribution in [0.5, 0.6) is 5.75 Å². The van der Waals surface area contributed by atoms with Crippen LogP contribution in [0.4, 0.5) is 5.69 Å². The van der Waals surface area contributed by atoms with Crippen molar-refractivity contribution < 1.29 is 9.53 Å². The van der Waals surface area contributed by atoms with Gasteiger partial charge < -0.3 is 10.1 Å². The molecular formula is C25H22ClN3O2S2. The summed E-state index contributed by atoms with van der Waals surface area (Å²) in [5.74, 6) is 0.185. The molecule has 0 unspecified atom stereocenters. The van der Waals surface area contributed by atoms with Crippen molar-refractivity contribution in [3.8, 4) is 5.75 Å². The smallest absolute Gasteiger partial charge is 0.269 e. The van der Waals surface area contributed by atoms with E-state index in [1.165, 1.54) is 4.70 Å². The number of carbonyl (C=O) groups is 1. The number of ether oxygens (including phenoxy) is 1. The monoisotopic (exact) mass is 495 g/mol. The van der Waals surface area contributed by atoms with Crippen LogP contribution in [0.3, 0.4) is 0 Å². The number of hydrogen-bond acceptors (Lipinski definition) is 5. The van der Waals surface area contributed by atoms with Crippen molar-refractivity contribution >= 4 is 62.1 Å². The predicted molar refractivity (Wildman–Crippen MR) is 139 cm³/mol. The number of amides is 1.